The number of imide groups is 1. The highest BCUT2D eigenvalue weighted by Crippen LogP contribution is 2.13. The van der Waals surface area contributed by atoms with E-state index in [-0.39, 0.29) is 11.8 Å². The minimum Gasteiger partial charge on any atom is -0.299 e. The number of nitrogens with one attached hydrogen (secondary N) is 1. The maximum absolute atomic E-state index is 10.9. The van der Waals surface area contributed by atoms with Gasteiger partial charge in [-0.15, -0.1) is 0 Å². The number of allylic oxidation sites excluding steroid dienone is 1. The van der Waals surface area contributed by atoms with Crippen LogP contribution >= 0.6 is 0 Å². The topological polar surface area (TPSA) is 63.2 Å². The zero-order valence-corrected chi connectivity index (χ0v) is 7.90. The van der Waals surface area contributed by atoms with Gasteiger partial charge in [-0.3, -0.25) is 19.7 Å². The van der Waals surface area contributed by atoms with Gasteiger partial charge in [0.2, 0.25) is 0 Å². The maximum Gasteiger partial charge on any atom is 0.258 e. The third-order valence-electron chi connectivity index (χ3n) is 1.74. The average Bonchev–Trinajstić information content (AvgIpc) is 2.56. The molecule has 1 aromatic rings. The van der Waals surface area contributed by atoms with Crippen LogP contribution in [0.25, 0.3) is 0 Å². The lowest BCUT2D eigenvalue weighted by Crippen LogP contribution is -2.19. The van der Waals surface area contributed by atoms with Gasteiger partial charge in [0.25, 0.3) is 11.8 Å². The second-order valence-corrected chi connectivity index (χ2v) is 2.70. The summed E-state index contributed by atoms with van der Waals surface area (Å²) < 4.78 is 0. The van der Waals surface area contributed by atoms with Crippen LogP contribution in [0.5, 0.6) is 0 Å². The summed E-state index contributed by atoms with van der Waals surface area (Å²) in [6.07, 6.45) is 1.83. The van der Waals surface area contributed by atoms with Crippen LogP contribution in [0.3, 0.4) is 0 Å². The molecule has 0 atom stereocenters. The molecule has 15 heavy (non-hydrogen) atoms. The molecule has 1 heterocycles. The fraction of sp³-hybridized carbons (Fsp3) is 0. The Balaban J connectivity index is 0.000000245. The first-order valence-electron chi connectivity index (χ1n) is 4.21. The largest absolute Gasteiger partial charge is 0.299 e. The molecule has 0 saturated carbocycles. The Morgan fingerprint density at radius 1 is 1.07 bits per heavy atom. The van der Waals surface area contributed by atoms with Crippen molar-refractivity contribution >= 4 is 18.1 Å². The Morgan fingerprint density at radius 2 is 1.47 bits per heavy atom. The molecular formula is C11H9NO3. The second-order valence-electron chi connectivity index (χ2n) is 2.70. The normalized spacial score (nSPS) is 12.0. The first-order chi connectivity index (χ1) is 7.20. The number of aldehydes is 1. The molecule has 0 bridgehead atoms. The van der Waals surface area contributed by atoms with Gasteiger partial charge in [-0.05, 0) is 18.2 Å². The third kappa shape index (κ3) is 2.37. The Hall–Kier alpha value is -2.23. The smallest absolute Gasteiger partial charge is 0.258 e. The van der Waals surface area contributed by atoms with Gasteiger partial charge in [-0.25, -0.2) is 0 Å². The van der Waals surface area contributed by atoms with E-state index in [1.165, 1.54) is 6.08 Å². The molecule has 0 fully saturated rings. The van der Waals surface area contributed by atoms with Gasteiger partial charge in [-0.1, -0.05) is 18.7 Å². The van der Waals surface area contributed by atoms with Crippen LogP contribution in [-0.4, -0.2) is 18.1 Å². The number of hydrogen-bond donors (Lipinski definition) is 1. The van der Waals surface area contributed by atoms with Gasteiger partial charge < -0.3 is 0 Å². The van der Waals surface area contributed by atoms with Gasteiger partial charge in [0.1, 0.15) is 6.29 Å². The molecule has 0 aromatic heterocycles. The molecule has 0 radical (unpaired) electrons. The fourth-order valence-corrected chi connectivity index (χ4v) is 1.12. The van der Waals surface area contributed by atoms with Gasteiger partial charge in [0.15, 0.2) is 0 Å². The number of benzene rings is 1. The monoisotopic (exact) mass is 203 g/mol. The molecule has 2 rings (SSSR count). The molecule has 0 saturated heterocycles. The zero-order chi connectivity index (χ0) is 11.3. The van der Waals surface area contributed by atoms with Crippen molar-refractivity contribution in [2.45, 2.75) is 0 Å². The van der Waals surface area contributed by atoms with Crippen molar-refractivity contribution in [3.8, 4) is 0 Å². The summed E-state index contributed by atoms with van der Waals surface area (Å²) in [6, 6.07) is 6.74. The maximum atomic E-state index is 10.9. The SMILES string of the molecule is C=CC=O.O=C1NC(=O)c2ccccc21. The van der Waals surface area contributed by atoms with E-state index in [4.69, 9.17) is 4.79 Å². The van der Waals surface area contributed by atoms with E-state index < -0.39 is 0 Å². The molecule has 0 unspecified atom stereocenters. The van der Waals surface area contributed by atoms with Gasteiger partial charge in [0, 0.05) is 0 Å². The highest BCUT2D eigenvalue weighted by Gasteiger charge is 2.25. The van der Waals surface area contributed by atoms with Crippen LogP contribution in [0.15, 0.2) is 36.9 Å². The highest BCUT2D eigenvalue weighted by molar-refractivity contribution is 6.21. The summed E-state index contributed by atoms with van der Waals surface area (Å²) in [7, 11) is 0. The van der Waals surface area contributed by atoms with Gasteiger partial charge >= 0.3 is 0 Å². The fourth-order valence-electron chi connectivity index (χ4n) is 1.12. The molecule has 1 aromatic carbocycles. The first-order valence-corrected chi connectivity index (χ1v) is 4.21. The van der Waals surface area contributed by atoms with Crippen molar-refractivity contribution in [2.75, 3.05) is 0 Å². The summed E-state index contributed by atoms with van der Waals surface area (Å²) >= 11 is 0. The molecule has 1 aliphatic heterocycles. The molecule has 1 aliphatic rings. The predicted molar refractivity (Wildman–Crippen MR) is 54.5 cm³/mol. The molecule has 4 nitrogen and oxygen atoms in total. The van der Waals surface area contributed by atoms with Crippen LogP contribution in [0.4, 0.5) is 0 Å². The van der Waals surface area contributed by atoms with E-state index in [0.29, 0.717) is 17.4 Å². The number of carbonyl (C=O) groups excluding carboxylic acids is 3. The minimum atomic E-state index is -0.300. The van der Waals surface area contributed by atoms with E-state index in [1.807, 2.05) is 0 Å². The van der Waals surface area contributed by atoms with Crippen LogP contribution in [-0.2, 0) is 4.79 Å². The van der Waals surface area contributed by atoms with Crippen molar-refractivity contribution in [1.82, 2.24) is 5.32 Å². The van der Waals surface area contributed by atoms with Crippen LogP contribution in [0, 0.1) is 0 Å². The first kappa shape index (κ1) is 10.8. The number of hydrogen-bond acceptors (Lipinski definition) is 3. The second kappa shape index (κ2) is 4.85. The summed E-state index contributed by atoms with van der Waals surface area (Å²) in [5.74, 6) is -0.601. The summed E-state index contributed by atoms with van der Waals surface area (Å²) in [4.78, 5) is 30.9. The van der Waals surface area contributed by atoms with Crippen molar-refractivity contribution < 1.29 is 14.4 Å². The number of fused-ring (bicyclic) bond motifs is 1. The molecule has 0 aliphatic carbocycles. The van der Waals surface area contributed by atoms with E-state index in [1.54, 1.807) is 24.3 Å². The predicted octanol–water partition coefficient (Wildman–Crippen LogP) is 0.942. The van der Waals surface area contributed by atoms with Crippen molar-refractivity contribution in [3.05, 3.63) is 48.0 Å². The van der Waals surface area contributed by atoms with Crippen LogP contribution < -0.4 is 5.32 Å². The van der Waals surface area contributed by atoms with Crippen molar-refractivity contribution in [3.63, 3.8) is 0 Å². The summed E-state index contributed by atoms with van der Waals surface area (Å²) in [5, 5.41) is 2.20. The standard InChI is InChI=1S/C8H5NO2.C3H4O/c10-7-5-3-1-2-4-6(5)8(11)9-7;1-2-3-4/h1-4H,(H,9,10,11);2-3H,1H2. The average molecular weight is 203 g/mol. The molecule has 4 heteroatoms. The number of carbonyl (C=O) groups is 3. The van der Waals surface area contributed by atoms with Crippen LogP contribution in [0.1, 0.15) is 20.7 Å². The van der Waals surface area contributed by atoms with Crippen molar-refractivity contribution in [2.24, 2.45) is 0 Å². The lowest BCUT2D eigenvalue weighted by atomic mass is 10.1. The zero-order valence-electron chi connectivity index (χ0n) is 7.90. The van der Waals surface area contributed by atoms with Gasteiger partial charge in [-0.2, -0.15) is 0 Å². The van der Waals surface area contributed by atoms with Crippen LogP contribution in [0.2, 0.25) is 0 Å². The molecule has 1 N–H and O–H groups in total. The molecule has 0 spiro atoms. The van der Waals surface area contributed by atoms with Crippen molar-refractivity contribution in [1.29, 1.82) is 0 Å². The quantitative estimate of drug-likeness (QED) is 0.419. The Kier molecular flexibility index (Phi) is 3.51. The molecule has 76 valence electrons. The molecular weight excluding hydrogens is 194 g/mol. The summed E-state index contributed by atoms with van der Waals surface area (Å²) in [5.41, 5.74) is 0.940. The number of rotatable bonds is 1. The third-order valence-corrected chi connectivity index (χ3v) is 1.74. The lowest BCUT2D eigenvalue weighted by molar-refractivity contribution is -0.104. The van der Waals surface area contributed by atoms with Gasteiger partial charge in [0.05, 0.1) is 11.1 Å². The Bertz CT molecular complexity index is 385. The summed E-state index contributed by atoms with van der Waals surface area (Å²) in [6.45, 7) is 3.11. The van der Waals surface area contributed by atoms with E-state index in [2.05, 4.69) is 11.9 Å². The Labute approximate surface area is 86.6 Å². The van der Waals surface area contributed by atoms with E-state index in [0.717, 1.165) is 0 Å². The lowest BCUT2D eigenvalue weighted by Gasteiger charge is -1.88. The molecule has 2 amide bonds. The highest BCUT2D eigenvalue weighted by atomic mass is 16.2. The minimum absolute atomic E-state index is 0.300. The van der Waals surface area contributed by atoms with E-state index in [9.17, 15) is 9.59 Å². The number of amides is 2. The van der Waals surface area contributed by atoms with E-state index >= 15 is 0 Å². The Morgan fingerprint density at radius 3 is 1.80 bits per heavy atom.